The van der Waals surface area contributed by atoms with Gasteiger partial charge in [-0.25, -0.2) is 9.59 Å². The van der Waals surface area contributed by atoms with E-state index in [1.165, 1.54) is 0 Å². The molecule has 1 aliphatic rings. The summed E-state index contributed by atoms with van der Waals surface area (Å²) in [6.07, 6.45) is 2.60. The molecule has 6 heteroatoms. The van der Waals surface area contributed by atoms with Gasteiger partial charge in [0, 0.05) is 19.1 Å². The molecular formula is C11H18N2O4. The van der Waals surface area contributed by atoms with Crippen molar-refractivity contribution in [1.82, 2.24) is 10.6 Å². The van der Waals surface area contributed by atoms with Gasteiger partial charge in [-0.05, 0) is 13.3 Å². The van der Waals surface area contributed by atoms with Crippen LogP contribution in [-0.2, 0) is 9.53 Å². The molecule has 0 aromatic carbocycles. The van der Waals surface area contributed by atoms with E-state index in [1.807, 2.05) is 6.92 Å². The minimum absolute atomic E-state index is 0.00555. The highest BCUT2D eigenvalue weighted by Crippen LogP contribution is 2.18. The largest absolute Gasteiger partial charge is 0.479 e. The second-order valence-corrected chi connectivity index (χ2v) is 4.21. The normalized spacial score (nSPS) is 25.0. The van der Waals surface area contributed by atoms with Crippen molar-refractivity contribution >= 4 is 12.0 Å². The van der Waals surface area contributed by atoms with E-state index in [0.717, 1.165) is 0 Å². The first-order valence-electron chi connectivity index (χ1n) is 5.51. The molecule has 2 amide bonds. The molecule has 1 saturated heterocycles. The van der Waals surface area contributed by atoms with Gasteiger partial charge < -0.3 is 20.5 Å². The lowest BCUT2D eigenvalue weighted by Gasteiger charge is -2.24. The van der Waals surface area contributed by atoms with Crippen LogP contribution in [0.5, 0.6) is 0 Å². The molecule has 0 aromatic heterocycles. The van der Waals surface area contributed by atoms with Crippen molar-refractivity contribution in [3.63, 3.8) is 0 Å². The third-order valence-electron chi connectivity index (χ3n) is 2.68. The Morgan fingerprint density at radius 1 is 1.65 bits per heavy atom. The van der Waals surface area contributed by atoms with Crippen LogP contribution in [0.1, 0.15) is 19.8 Å². The first-order chi connectivity index (χ1) is 8.00. The molecule has 1 rings (SSSR count). The third kappa shape index (κ3) is 3.45. The Morgan fingerprint density at radius 2 is 2.35 bits per heavy atom. The lowest BCUT2D eigenvalue weighted by Crippen LogP contribution is -2.58. The zero-order valence-electron chi connectivity index (χ0n) is 9.86. The molecule has 0 bridgehead atoms. The van der Waals surface area contributed by atoms with E-state index >= 15 is 0 Å². The van der Waals surface area contributed by atoms with Gasteiger partial charge in [0.25, 0.3) is 0 Å². The maximum Gasteiger partial charge on any atom is 0.332 e. The minimum Gasteiger partial charge on any atom is -0.479 e. The summed E-state index contributed by atoms with van der Waals surface area (Å²) in [7, 11) is 0. The van der Waals surface area contributed by atoms with E-state index in [0.29, 0.717) is 13.0 Å². The summed E-state index contributed by atoms with van der Waals surface area (Å²) in [6, 6.07) is -0.576. The van der Waals surface area contributed by atoms with Gasteiger partial charge >= 0.3 is 12.0 Å². The Hall–Kier alpha value is -1.56. The fraction of sp³-hybridized carbons (Fsp3) is 0.636. The molecule has 6 nitrogen and oxygen atoms in total. The summed E-state index contributed by atoms with van der Waals surface area (Å²) in [5.74, 6) is -1.07. The van der Waals surface area contributed by atoms with Crippen molar-refractivity contribution in [2.45, 2.75) is 31.3 Å². The topological polar surface area (TPSA) is 87.7 Å². The molecule has 1 heterocycles. The number of amides is 2. The third-order valence-corrected chi connectivity index (χ3v) is 2.68. The molecule has 0 aliphatic carbocycles. The Balaban J connectivity index is 2.53. The van der Waals surface area contributed by atoms with Crippen LogP contribution in [0.2, 0.25) is 0 Å². The van der Waals surface area contributed by atoms with Crippen molar-refractivity contribution < 1.29 is 19.4 Å². The van der Waals surface area contributed by atoms with Crippen LogP contribution < -0.4 is 10.6 Å². The Kier molecular flexibility index (Phi) is 4.51. The van der Waals surface area contributed by atoms with E-state index in [1.54, 1.807) is 6.08 Å². The zero-order valence-corrected chi connectivity index (χ0v) is 9.86. The predicted molar refractivity (Wildman–Crippen MR) is 61.7 cm³/mol. The van der Waals surface area contributed by atoms with Crippen LogP contribution >= 0.6 is 0 Å². The fourth-order valence-corrected chi connectivity index (χ4v) is 1.67. The molecule has 2 unspecified atom stereocenters. The molecule has 2 atom stereocenters. The van der Waals surface area contributed by atoms with Crippen molar-refractivity contribution in [1.29, 1.82) is 0 Å². The van der Waals surface area contributed by atoms with Gasteiger partial charge in [0.15, 0.2) is 5.54 Å². The van der Waals surface area contributed by atoms with E-state index in [2.05, 4.69) is 17.2 Å². The minimum atomic E-state index is -1.29. The van der Waals surface area contributed by atoms with E-state index in [4.69, 9.17) is 9.84 Å². The standard InChI is InChI=1S/C11H18N2O4/c1-3-4-8(2)12-10(16)13-11(9(14)15)5-6-17-7-11/h3,8H,1,4-7H2,2H3,(H,14,15)(H2,12,13,16). The molecule has 0 aromatic rings. The summed E-state index contributed by atoms with van der Waals surface area (Å²) in [5.41, 5.74) is -1.29. The van der Waals surface area contributed by atoms with Crippen LogP contribution in [0.25, 0.3) is 0 Å². The SMILES string of the molecule is C=CCC(C)NC(=O)NC1(C(=O)O)CCOC1. The zero-order chi connectivity index (χ0) is 12.9. The predicted octanol–water partition coefficient (Wildman–Crippen LogP) is 0.494. The highest BCUT2D eigenvalue weighted by Gasteiger charge is 2.44. The first-order valence-corrected chi connectivity index (χ1v) is 5.51. The number of carbonyl (C=O) groups excluding carboxylic acids is 1. The Morgan fingerprint density at radius 3 is 2.82 bits per heavy atom. The number of ether oxygens (including phenoxy) is 1. The molecular weight excluding hydrogens is 224 g/mol. The summed E-state index contributed by atoms with van der Waals surface area (Å²) in [5, 5.41) is 14.2. The van der Waals surface area contributed by atoms with Gasteiger partial charge in [-0.15, -0.1) is 6.58 Å². The van der Waals surface area contributed by atoms with E-state index < -0.39 is 17.5 Å². The lowest BCUT2D eigenvalue weighted by molar-refractivity contribution is -0.144. The van der Waals surface area contributed by atoms with Crippen LogP contribution in [-0.4, -0.2) is 41.9 Å². The van der Waals surface area contributed by atoms with Crippen molar-refractivity contribution in [2.75, 3.05) is 13.2 Å². The second kappa shape index (κ2) is 5.67. The number of rotatable bonds is 5. The molecule has 96 valence electrons. The van der Waals surface area contributed by atoms with Gasteiger partial charge in [-0.1, -0.05) is 6.08 Å². The maximum atomic E-state index is 11.6. The maximum absolute atomic E-state index is 11.6. The number of nitrogens with one attached hydrogen (secondary N) is 2. The lowest BCUT2D eigenvalue weighted by atomic mass is 9.99. The first kappa shape index (κ1) is 13.5. The van der Waals surface area contributed by atoms with Crippen molar-refractivity contribution in [2.24, 2.45) is 0 Å². The van der Waals surface area contributed by atoms with Crippen molar-refractivity contribution in [3.05, 3.63) is 12.7 Å². The molecule has 0 radical (unpaired) electrons. The second-order valence-electron chi connectivity index (χ2n) is 4.21. The molecule has 1 aliphatic heterocycles. The number of carbonyl (C=O) groups is 2. The average Bonchev–Trinajstić information content (AvgIpc) is 2.67. The fourth-order valence-electron chi connectivity index (χ4n) is 1.67. The molecule has 0 saturated carbocycles. The number of carboxylic acids is 1. The number of hydrogen-bond donors (Lipinski definition) is 3. The van der Waals surface area contributed by atoms with E-state index in [-0.39, 0.29) is 19.1 Å². The van der Waals surface area contributed by atoms with Gasteiger partial charge in [-0.2, -0.15) is 0 Å². The summed E-state index contributed by atoms with van der Waals surface area (Å²) in [4.78, 5) is 22.8. The van der Waals surface area contributed by atoms with E-state index in [9.17, 15) is 9.59 Å². The Labute approximate surface area is 100 Å². The summed E-state index contributed by atoms with van der Waals surface area (Å²) in [6.45, 7) is 5.73. The summed E-state index contributed by atoms with van der Waals surface area (Å²) >= 11 is 0. The average molecular weight is 242 g/mol. The monoisotopic (exact) mass is 242 g/mol. The van der Waals surface area contributed by atoms with Gasteiger partial charge in [0.2, 0.25) is 0 Å². The number of carboxylic acid groups (broad SMARTS) is 1. The molecule has 0 spiro atoms. The number of urea groups is 1. The number of aliphatic carboxylic acids is 1. The molecule has 1 fully saturated rings. The highest BCUT2D eigenvalue weighted by atomic mass is 16.5. The molecule has 3 N–H and O–H groups in total. The van der Waals surface area contributed by atoms with Gasteiger partial charge in [0.05, 0.1) is 6.61 Å². The van der Waals surface area contributed by atoms with Crippen LogP contribution in [0, 0.1) is 0 Å². The van der Waals surface area contributed by atoms with Crippen LogP contribution in [0.4, 0.5) is 4.79 Å². The van der Waals surface area contributed by atoms with Crippen LogP contribution in [0.3, 0.4) is 0 Å². The highest BCUT2D eigenvalue weighted by molar-refractivity contribution is 5.86. The summed E-state index contributed by atoms with van der Waals surface area (Å²) < 4.78 is 5.04. The van der Waals surface area contributed by atoms with Crippen LogP contribution in [0.15, 0.2) is 12.7 Å². The van der Waals surface area contributed by atoms with Gasteiger partial charge in [-0.3, -0.25) is 0 Å². The number of hydrogen-bond acceptors (Lipinski definition) is 3. The smallest absolute Gasteiger partial charge is 0.332 e. The van der Waals surface area contributed by atoms with Gasteiger partial charge in [0.1, 0.15) is 0 Å². The molecule has 17 heavy (non-hydrogen) atoms. The Bertz CT molecular complexity index is 311. The van der Waals surface area contributed by atoms with Crippen molar-refractivity contribution in [3.8, 4) is 0 Å². The quantitative estimate of drug-likeness (QED) is 0.612.